The van der Waals surface area contributed by atoms with Crippen LogP contribution < -0.4 is 21.1 Å². The van der Waals surface area contributed by atoms with Crippen molar-refractivity contribution in [3.8, 4) is 5.75 Å². The molecule has 2 amide bonds. The van der Waals surface area contributed by atoms with Crippen molar-refractivity contribution in [3.63, 3.8) is 0 Å². The zero-order valence-electron chi connectivity index (χ0n) is 14.0. The molecule has 132 valence electrons. The molecule has 0 aliphatic carbocycles. The third kappa shape index (κ3) is 6.64. The van der Waals surface area contributed by atoms with Gasteiger partial charge in [0.15, 0.2) is 0 Å². The number of nitrogens with one attached hydrogen (secondary N) is 2. The normalized spacial score (nSPS) is 10.1. The number of hydrogen-bond acceptors (Lipinski definition) is 4. The van der Waals surface area contributed by atoms with Crippen molar-refractivity contribution in [2.75, 3.05) is 25.0 Å². The molecule has 0 aliphatic heterocycles. The van der Waals surface area contributed by atoms with Gasteiger partial charge in [-0.15, -0.1) is 0 Å². The first kappa shape index (κ1) is 18.5. The molecule has 0 saturated carbocycles. The summed E-state index contributed by atoms with van der Waals surface area (Å²) in [6.07, 6.45) is 0.905. The fourth-order valence-corrected chi connectivity index (χ4v) is 2.18. The molecule has 25 heavy (non-hydrogen) atoms. The second-order valence-corrected chi connectivity index (χ2v) is 5.44. The SMILES string of the molecule is NCCOc1ccc(NC(=O)CCCNC(=O)c2ccccc2)cc1. The Labute approximate surface area is 147 Å². The number of carbonyl (C=O) groups is 2. The van der Waals surface area contributed by atoms with Gasteiger partial charge in [-0.3, -0.25) is 9.59 Å². The maximum Gasteiger partial charge on any atom is 0.251 e. The lowest BCUT2D eigenvalue weighted by Gasteiger charge is -2.08. The topological polar surface area (TPSA) is 93.4 Å². The smallest absolute Gasteiger partial charge is 0.251 e. The number of carbonyl (C=O) groups excluding carboxylic acids is 2. The van der Waals surface area contributed by atoms with Crippen LogP contribution in [0.4, 0.5) is 5.69 Å². The van der Waals surface area contributed by atoms with Crippen LogP contribution in [0.3, 0.4) is 0 Å². The van der Waals surface area contributed by atoms with E-state index in [1.54, 1.807) is 36.4 Å². The highest BCUT2D eigenvalue weighted by molar-refractivity contribution is 5.94. The van der Waals surface area contributed by atoms with E-state index in [1.807, 2.05) is 18.2 Å². The lowest BCUT2D eigenvalue weighted by Crippen LogP contribution is -2.25. The molecule has 2 aromatic carbocycles. The minimum Gasteiger partial charge on any atom is -0.492 e. The predicted octanol–water partition coefficient (Wildman–Crippen LogP) is 2.17. The number of anilines is 1. The van der Waals surface area contributed by atoms with Crippen molar-refractivity contribution in [2.24, 2.45) is 5.73 Å². The Hall–Kier alpha value is -2.86. The van der Waals surface area contributed by atoms with Crippen molar-refractivity contribution < 1.29 is 14.3 Å². The van der Waals surface area contributed by atoms with E-state index in [0.29, 0.717) is 49.5 Å². The molecular weight excluding hydrogens is 318 g/mol. The van der Waals surface area contributed by atoms with Gasteiger partial charge in [0, 0.05) is 30.8 Å². The number of ether oxygens (including phenoxy) is 1. The van der Waals surface area contributed by atoms with Gasteiger partial charge in [0.1, 0.15) is 12.4 Å². The summed E-state index contributed by atoms with van der Waals surface area (Å²) in [5, 5.41) is 5.61. The van der Waals surface area contributed by atoms with Gasteiger partial charge in [-0.25, -0.2) is 0 Å². The minimum atomic E-state index is -0.130. The van der Waals surface area contributed by atoms with Crippen molar-refractivity contribution in [3.05, 3.63) is 60.2 Å². The average molecular weight is 341 g/mol. The number of amides is 2. The Morgan fingerprint density at radius 3 is 2.40 bits per heavy atom. The van der Waals surface area contributed by atoms with Crippen LogP contribution in [0.1, 0.15) is 23.2 Å². The maximum absolute atomic E-state index is 11.9. The molecule has 0 heterocycles. The van der Waals surface area contributed by atoms with Gasteiger partial charge in [0.05, 0.1) is 0 Å². The van der Waals surface area contributed by atoms with Crippen LogP contribution in [0.5, 0.6) is 5.75 Å². The molecule has 0 aromatic heterocycles. The van der Waals surface area contributed by atoms with Crippen LogP contribution in [-0.4, -0.2) is 31.5 Å². The summed E-state index contributed by atoms with van der Waals surface area (Å²) < 4.78 is 5.38. The maximum atomic E-state index is 11.9. The summed E-state index contributed by atoms with van der Waals surface area (Å²) in [6.45, 7) is 1.37. The van der Waals surface area contributed by atoms with E-state index in [-0.39, 0.29) is 11.8 Å². The summed E-state index contributed by atoms with van der Waals surface area (Å²) >= 11 is 0. The second-order valence-electron chi connectivity index (χ2n) is 5.44. The van der Waals surface area contributed by atoms with Gasteiger partial charge >= 0.3 is 0 Å². The van der Waals surface area contributed by atoms with Crippen LogP contribution in [0.25, 0.3) is 0 Å². The minimum absolute atomic E-state index is 0.0930. The van der Waals surface area contributed by atoms with E-state index < -0.39 is 0 Å². The van der Waals surface area contributed by atoms with Crippen LogP contribution in [0.15, 0.2) is 54.6 Å². The van der Waals surface area contributed by atoms with E-state index >= 15 is 0 Å². The summed E-state index contributed by atoms with van der Waals surface area (Å²) in [4.78, 5) is 23.8. The highest BCUT2D eigenvalue weighted by Gasteiger charge is 2.05. The second kappa shape index (κ2) is 10.1. The van der Waals surface area contributed by atoms with Gasteiger partial charge in [-0.2, -0.15) is 0 Å². The highest BCUT2D eigenvalue weighted by atomic mass is 16.5. The first-order valence-electron chi connectivity index (χ1n) is 8.25. The largest absolute Gasteiger partial charge is 0.492 e. The van der Waals surface area contributed by atoms with Crippen LogP contribution in [-0.2, 0) is 4.79 Å². The number of hydrogen-bond donors (Lipinski definition) is 3. The van der Waals surface area contributed by atoms with Crippen LogP contribution in [0.2, 0.25) is 0 Å². The Bertz CT molecular complexity index is 672. The van der Waals surface area contributed by atoms with Gasteiger partial charge in [0.2, 0.25) is 5.91 Å². The fraction of sp³-hybridized carbons (Fsp3) is 0.263. The highest BCUT2D eigenvalue weighted by Crippen LogP contribution is 2.15. The molecule has 0 saturated heterocycles. The van der Waals surface area contributed by atoms with Crippen molar-refractivity contribution in [1.82, 2.24) is 5.32 Å². The number of nitrogens with two attached hydrogens (primary N) is 1. The molecule has 4 N–H and O–H groups in total. The molecule has 2 rings (SSSR count). The Morgan fingerprint density at radius 1 is 1.00 bits per heavy atom. The Kier molecular flexibility index (Phi) is 7.46. The van der Waals surface area contributed by atoms with Crippen molar-refractivity contribution in [2.45, 2.75) is 12.8 Å². The summed E-state index contributed by atoms with van der Waals surface area (Å²) in [6, 6.07) is 16.1. The number of benzene rings is 2. The average Bonchev–Trinajstić information content (AvgIpc) is 2.65. The fourth-order valence-electron chi connectivity index (χ4n) is 2.18. The standard InChI is InChI=1S/C19H23N3O3/c20-12-14-25-17-10-8-16(9-11-17)22-18(23)7-4-13-21-19(24)15-5-2-1-3-6-15/h1-3,5-6,8-11H,4,7,12-14,20H2,(H,21,24)(H,22,23). The summed E-state index contributed by atoms with van der Waals surface area (Å²) in [5.74, 6) is 0.491. The van der Waals surface area contributed by atoms with Crippen LogP contribution in [0, 0.1) is 0 Å². The van der Waals surface area contributed by atoms with Gasteiger partial charge < -0.3 is 21.1 Å². The van der Waals surface area contributed by atoms with Gasteiger partial charge in [-0.1, -0.05) is 18.2 Å². The Balaban J connectivity index is 1.66. The van der Waals surface area contributed by atoms with E-state index in [0.717, 1.165) is 0 Å². The molecule has 0 fully saturated rings. The molecule has 0 bridgehead atoms. The molecule has 0 spiro atoms. The summed E-state index contributed by atoms with van der Waals surface area (Å²) in [5.41, 5.74) is 6.70. The van der Waals surface area contributed by atoms with Gasteiger partial charge in [0.25, 0.3) is 5.91 Å². The van der Waals surface area contributed by atoms with E-state index in [4.69, 9.17) is 10.5 Å². The zero-order chi connectivity index (χ0) is 17.9. The van der Waals surface area contributed by atoms with Crippen molar-refractivity contribution >= 4 is 17.5 Å². The molecule has 0 radical (unpaired) electrons. The zero-order valence-corrected chi connectivity index (χ0v) is 14.0. The lowest BCUT2D eigenvalue weighted by atomic mass is 10.2. The molecular formula is C19H23N3O3. The number of rotatable bonds is 9. The molecule has 6 heteroatoms. The van der Waals surface area contributed by atoms with Crippen molar-refractivity contribution in [1.29, 1.82) is 0 Å². The molecule has 2 aromatic rings. The van der Waals surface area contributed by atoms with E-state index in [2.05, 4.69) is 10.6 Å². The monoisotopic (exact) mass is 341 g/mol. The summed E-state index contributed by atoms with van der Waals surface area (Å²) in [7, 11) is 0. The molecule has 0 unspecified atom stereocenters. The lowest BCUT2D eigenvalue weighted by molar-refractivity contribution is -0.116. The quantitative estimate of drug-likeness (QED) is 0.609. The third-order valence-corrected chi connectivity index (χ3v) is 3.43. The predicted molar refractivity (Wildman–Crippen MR) is 97.6 cm³/mol. The molecule has 0 aliphatic rings. The van der Waals surface area contributed by atoms with E-state index in [9.17, 15) is 9.59 Å². The first-order valence-corrected chi connectivity index (χ1v) is 8.25. The van der Waals surface area contributed by atoms with Gasteiger partial charge in [-0.05, 0) is 42.8 Å². The molecule has 0 atom stereocenters. The molecule has 6 nitrogen and oxygen atoms in total. The third-order valence-electron chi connectivity index (χ3n) is 3.43. The van der Waals surface area contributed by atoms with E-state index in [1.165, 1.54) is 0 Å². The van der Waals surface area contributed by atoms with Crippen LogP contribution >= 0.6 is 0 Å². The Morgan fingerprint density at radius 2 is 1.72 bits per heavy atom. The first-order chi connectivity index (χ1) is 12.2.